The number of para-hydroxylation sites is 1. The highest BCUT2D eigenvalue weighted by atomic mass is 35.5. The van der Waals surface area contributed by atoms with Gasteiger partial charge in [-0.3, -0.25) is 4.79 Å². The van der Waals surface area contributed by atoms with E-state index >= 15 is 0 Å². The molecule has 0 aromatic heterocycles. The van der Waals surface area contributed by atoms with Crippen LogP contribution in [-0.2, 0) is 11.3 Å². The molecular formula is C18H27ClN2O2. The average molecular weight is 339 g/mol. The van der Waals surface area contributed by atoms with Gasteiger partial charge in [-0.15, -0.1) is 12.4 Å². The van der Waals surface area contributed by atoms with Crippen molar-refractivity contribution in [3.63, 3.8) is 0 Å². The smallest absolute Gasteiger partial charge is 0.240 e. The fraction of sp³-hybridized carbons (Fsp3) is 0.611. The maximum absolute atomic E-state index is 12.4. The molecule has 5 heteroatoms. The summed E-state index contributed by atoms with van der Waals surface area (Å²) in [7, 11) is 0. The molecule has 2 fully saturated rings. The Morgan fingerprint density at radius 2 is 1.87 bits per heavy atom. The van der Waals surface area contributed by atoms with Crippen molar-refractivity contribution in [3.05, 3.63) is 29.8 Å². The summed E-state index contributed by atoms with van der Waals surface area (Å²) in [4.78, 5) is 12.4. The van der Waals surface area contributed by atoms with Gasteiger partial charge in [0, 0.05) is 12.1 Å². The number of rotatable bonds is 5. The lowest BCUT2D eigenvalue weighted by molar-refractivity contribution is -0.127. The first kappa shape index (κ1) is 18.1. The van der Waals surface area contributed by atoms with Crippen LogP contribution in [0.1, 0.15) is 56.9 Å². The van der Waals surface area contributed by atoms with E-state index in [9.17, 15) is 4.79 Å². The molecule has 4 nitrogen and oxygen atoms in total. The molecule has 3 rings (SSSR count). The van der Waals surface area contributed by atoms with Gasteiger partial charge < -0.3 is 15.8 Å². The Kier molecular flexibility index (Phi) is 6.31. The predicted molar refractivity (Wildman–Crippen MR) is 93.8 cm³/mol. The van der Waals surface area contributed by atoms with E-state index in [0.29, 0.717) is 12.6 Å². The van der Waals surface area contributed by atoms with Crippen LogP contribution in [0.15, 0.2) is 24.3 Å². The summed E-state index contributed by atoms with van der Waals surface area (Å²) in [5.74, 6) is 0.868. The molecule has 2 aliphatic carbocycles. The van der Waals surface area contributed by atoms with Gasteiger partial charge in [-0.25, -0.2) is 0 Å². The minimum atomic E-state index is -0.679. The fourth-order valence-electron chi connectivity index (χ4n) is 3.19. The topological polar surface area (TPSA) is 64.4 Å². The number of benzene rings is 1. The zero-order valence-corrected chi connectivity index (χ0v) is 14.4. The second-order valence-corrected chi connectivity index (χ2v) is 6.68. The molecule has 1 amide bonds. The molecule has 23 heavy (non-hydrogen) atoms. The van der Waals surface area contributed by atoms with Crippen molar-refractivity contribution in [2.75, 3.05) is 0 Å². The van der Waals surface area contributed by atoms with E-state index in [-0.39, 0.29) is 18.3 Å². The Labute approximate surface area is 144 Å². The fourth-order valence-corrected chi connectivity index (χ4v) is 3.19. The van der Waals surface area contributed by atoms with Crippen molar-refractivity contribution in [3.8, 4) is 5.75 Å². The number of amides is 1. The quantitative estimate of drug-likeness (QED) is 0.865. The Morgan fingerprint density at radius 1 is 1.17 bits per heavy atom. The van der Waals surface area contributed by atoms with Gasteiger partial charge in [0.1, 0.15) is 5.75 Å². The molecule has 0 unspecified atom stereocenters. The third-order valence-corrected chi connectivity index (χ3v) is 4.96. The van der Waals surface area contributed by atoms with Gasteiger partial charge >= 0.3 is 0 Å². The third-order valence-electron chi connectivity index (χ3n) is 4.96. The number of carbonyl (C=O) groups excluding carboxylic acids is 1. The van der Waals surface area contributed by atoms with Crippen LogP contribution >= 0.6 is 12.4 Å². The van der Waals surface area contributed by atoms with Crippen LogP contribution in [0.5, 0.6) is 5.75 Å². The number of halogens is 1. The van der Waals surface area contributed by atoms with Crippen LogP contribution in [0.25, 0.3) is 0 Å². The molecule has 1 aromatic carbocycles. The lowest BCUT2D eigenvalue weighted by Crippen LogP contribution is -2.54. The van der Waals surface area contributed by atoms with Crippen LogP contribution in [-0.4, -0.2) is 17.6 Å². The zero-order valence-electron chi connectivity index (χ0n) is 13.6. The van der Waals surface area contributed by atoms with Gasteiger partial charge in [-0.1, -0.05) is 37.5 Å². The number of hydrogen-bond acceptors (Lipinski definition) is 3. The molecule has 0 aliphatic heterocycles. The SMILES string of the molecule is Cl.NC1(C(=O)NCc2ccccc2OC2CCC2)CCCCC1. The minimum absolute atomic E-state index is 0. The lowest BCUT2D eigenvalue weighted by Gasteiger charge is -2.32. The molecular weight excluding hydrogens is 312 g/mol. The average Bonchev–Trinajstić information content (AvgIpc) is 2.50. The van der Waals surface area contributed by atoms with Crippen molar-refractivity contribution in [1.82, 2.24) is 5.32 Å². The standard InChI is InChI=1S/C18H26N2O2.ClH/c19-18(11-4-1-5-12-18)17(21)20-13-14-7-2-3-10-16(14)22-15-8-6-9-15;/h2-3,7,10,15H,1,4-6,8-9,11-13,19H2,(H,20,21);1H. The summed E-state index contributed by atoms with van der Waals surface area (Å²) in [5.41, 5.74) is 6.62. The summed E-state index contributed by atoms with van der Waals surface area (Å²) in [6.45, 7) is 0.487. The summed E-state index contributed by atoms with van der Waals surface area (Å²) in [5, 5.41) is 3.01. The molecule has 0 heterocycles. The van der Waals surface area contributed by atoms with E-state index in [1.807, 2.05) is 24.3 Å². The first-order chi connectivity index (χ1) is 10.7. The monoisotopic (exact) mass is 338 g/mol. The summed E-state index contributed by atoms with van der Waals surface area (Å²) < 4.78 is 6.00. The summed E-state index contributed by atoms with van der Waals surface area (Å²) >= 11 is 0. The first-order valence-corrected chi connectivity index (χ1v) is 8.49. The molecule has 2 saturated carbocycles. The number of nitrogens with two attached hydrogens (primary N) is 1. The van der Waals surface area contributed by atoms with Gasteiger partial charge in [-0.2, -0.15) is 0 Å². The van der Waals surface area contributed by atoms with Gasteiger partial charge in [0.25, 0.3) is 0 Å². The van der Waals surface area contributed by atoms with E-state index in [1.165, 1.54) is 12.8 Å². The third kappa shape index (κ3) is 4.39. The highest BCUT2D eigenvalue weighted by Crippen LogP contribution is 2.28. The number of ether oxygens (including phenoxy) is 1. The maximum atomic E-state index is 12.4. The molecule has 0 spiro atoms. The molecule has 128 valence electrons. The normalized spacial score (nSPS) is 20.0. The molecule has 0 atom stereocenters. The van der Waals surface area contributed by atoms with E-state index in [1.54, 1.807) is 0 Å². The van der Waals surface area contributed by atoms with Crippen LogP contribution in [0.2, 0.25) is 0 Å². The van der Waals surface area contributed by atoms with Crippen molar-refractivity contribution in [2.24, 2.45) is 5.73 Å². The maximum Gasteiger partial charge on any atom is 0.240 e. The Balaban J connectivity index is 0.00000192. The molecule has 0 bridgehead atoms. The van der Waals surface area contributed by atoms with Crippen molar-refractivity contribution in [2.45, 2.75) is 69.6 Å². The van der Waals surface area contributed by atoms with E-state index in [2.05, 4.69) is 5.32 Å². The summed E-state index contributed by atoms with van der Waals surface area (Å²) in [6, 6.07) is 7.95. The second-order valence-electron chi connectivity index (χ2n) is 6.68. The van der Waals surface area contributed by atoms with E-state index in [4.69, 9.17) is 10.5 Å². The predicted octanol–water partition coefficient (Wildman–Crippen LogP) is 3.32. The van der Waals surface area contributed by atoms with Crippen molar-refractivity contribution >= 4 is 18.3 Å². The highest BCUT2D eigenvalue weighted by molar-refractivity contribution is 5.86. The van der Waals surface area contributed by atoms with Crippen molar-refractivity contribution < 1.29 is 9.53 Å². The van der Waals surface area contributed by atoms with Gasteiger partial charge in [0.05, 0.1) is 11.6 Å². The van der Waals surface area contributed by atoms with Crippen LogP contribution < -0.4 is 15.8 Å². The number of nitrogens with one attached hydrogen (secondary N) is 1. The molecule has 2 aliphatic rings. The van der Waals surface area contributed by atoms with Gasteiger partial charge in [0.15, 0.2) is 0 Å². The van der Waals surface area contributed by atoms with E-state index < -0.39 is 5.54 Å². The Morgan fingerprint density at radius 3 is 2.52 bits per heavy atom. The van der Waals surface area contributed by atoms with Crippen LogP contribution in [0, 0.1) is 0 Å². The number of hydrogen-bond donors (Lipinski definition) is 2. The zero-order chi connectivity index (χ0) is 15.4. The van der Waals surface area contributed by atoms with Crippen molar-refractivity contribution in [1.29, 1.82) is 0 Å². The Hall–Kier alpha value is -1.26. The van der Waals surface area contributed by atoms with Crippen LogP contribution in [0.3, 0.4) is 0 Å². The van der Waals surface area contributed by atoms with Gasteiger partial charge in [-0.05, 0) is 38.2 Å². The number of carbonyl (C=O) groups is 1. The minimum Gasteiger partial charge on any atom is -0.490 e. The highest BCUT2D eigenvalue weighted by Gasteiger charge is 2.35. The lowest BCUT2D eigenvalue weighted by atomic mass is 9.82. The molecule has 1 aromatic rings. The molecule has 3 N–H and O–H groups in total. The first-order valence-electron chi connectivity index (χ1n) is 8.49. The van der Waals surface area contributed by atoms with E-state index in [0.717, 1.165) is 49.8 Å². The second kappa shape index (κ2) is 8.02. The molecule has 0 saturated heterocycles. The summed E-state index contributed by atoms with van der Waals surface area (Å²) in [6.07, 6.45) is 8.72. The van der Waals surface area contributed by atoms with Crippen LogP contribution in [0.4, 0.5) is 0 Å². The largest absolute Gasteiger partial charge is 0.490 e. The van der Waals surface area contributed by atoms with Gasteiger partial charge in [0.2, 0.25) is 5.91 Å². The Bertz CT molecular complexity index is 526. The molecule has 0 radical (unpaired) electrons.